The van der Waals surface area contributed by atoms with Crippen LogP contribution in [-0.4, -0.2) is 23.0 Å². The number of carbonyl (C=O) groups is 1. The summed E-state index contributed by atoms with van der Waals surface area (Å²) in [6.07, 6.45) is 2.38. The highest BCUT2D eigenvalue weighted by Gasteiger charge is 2.13. The van der Waals surface area contributed by atoms with Crippen LogP contribution in [0, 0.1) is 10.7 Å². The summed E-state index contributed by atoms with van der Waals surface area (Å²) in [7, 11) is 1.39. The van der Waals surface area contributed by atoms with Crippen LogP contribution in [0.2, 0.25) is 0 Å². The van der Waals surface area contributed by atoms with Crippen molar-refractivity contribution in [3.8, 4) is 0 Å². The molecule has 1 aromatic heterocycles. The summed E-state index contributed by atoms with van der Waals surface area (Å²) < 4.78 is 5.18. The van der Waals surface area contributed by atoms with Crippen LogP contribution in [0.15, 0.2) is 6.20 Å². The van der Waals surface area contributed by atoms with E-state index in [-0.39, 0.29) is 11.9 Å². The average Bonchev–Trinajstić information content (AvgIpc) is 2.49. The number of hydrogen-bond acceptors (Lipinski definition) is 3. The summed E-state index contributed by atoms with van der Waals surface area (Å²) >= 11 is 4.85. The van der Waals surface area contributed by atoms with Gasteiger partial charge in [0.15, 0.2) is 4.77 Å². The van der Waals surface area contributed by atoms with Crippen LogP contribution in [-0.2, 0) is 16.0 Å². The molecule has 1 heterocycles. The van der Waals surface area contributed by atoms with Crippen molar-refractivity contribution < 1.29 is 9.53 Å². The Labute approximate surface area is 81.3 Å². The Kier molecular flexibility index (Phi) is 3.25. The molecule has 0 saturated heterocycles. The first kappa shape index (κ1) is 9.98. The van der Waals surface area contributed by atoms with Crippen molar-refractivity contribution in [2.24, 2.45) is 5.92 Å². The van der Waals surface area contributed by atoms with Crippen molar-refractivity contribution in [1.29, 1.82) is 0 Å². The standard InChI is InChI=1S/C8H12N2O2S/c1-5(7(11)12-2)3-6-4-9-8(13)10-6/h4-5H,3H2,1-2H3,(H2,9,10,13). The number of rotatable bonds is 3. The molecule has 0 radical (unpaired) electrons. The Hall–Kier alpha value is -1.10. The van der Waals surface area contributed by atoms with Gasteiger partial charge >= 0.3 is 5.97 Å². The van der Waals surface area contributed by atoms with Gasteiger partial charge in [0.25, 0.3) is 0 Å². The highest BCUT2D eigenvalue weighted by atomic mass is 32.1. The highest BCUT2D eigenvalue weighted by molar-refractivity contribution is 7.71. The first-order valence-electron chi connectivity index (χ1n) is 3.98. The van der Waals surface area contributed by atoms with E-state index in [2.05, 4.69) is 14.7 Å². The summed E-state index contributed by atoms with van der Waals surface area (Å²) in [6.45, 7) is 1.82. The van der Waals surface area contributed by atoms with Crippen LogP contribution in [0.5, 0.6) is 0 Å². The molecule has 0 spiro atoms. The number of nitrogens with one attached hydrogen (secondary N) is 2. The minimum atomic E-state index is -0.208. The van der Waals surface area contributed by atoms with Crippen LogP contribution in [0.25, 0.3) is 0 Å². The van der Waals surface area contributed by atoms with E-state index >= 15 is 0 Å². The number of methoxy groups -OCH3 is 1. The van der Waals surface area contributed by atoms with E-state index in [1.807, 2.05) is 6.92 Å². The van der Waals surface area contributed by atoms with Gasteiger partial charge in [0.1, 0.15) is 0 Å². The van der Waals surface area contributed by atoms with Crippen molar-refractivity contribution in [2.45, 2.75) is 13.3 Å². The number of H-pyrrole nitrogens is 2. The van der Waals surface area contributed by atoms with Gasteiger partial charge in [-0.05, 0) is 12.2 Å². The van der Waals surface area contributed by atoms with E-state index in [1.54, 1.807) is 6.20 Å². The second-order valence-electron chi connectivity index (χ2n) is 2.90. The van der Waals surface area contributed by atoms with Crippen LogP contribution < -0.4 is 0 Å². The SMILES string of the molecule is COC(=O)C(C)Cc1c[nH]c(=S)[nH]1. The number of ether oxygens (including phenoxy) is 1. The smallest absolute Gasteiger partial charge is 0.308 e. The van der Waals surface area contributed by atoms with E-state index < -0.39 is 0 Å². The summed E-state index contributed by atoms with van der Waals surface area (Å²) in [6, 6.07) is 0. The molecule has 0 fully saturated rings. The van der Waals surface area contributed by atoms with Crippen molar-refractivity contribution in [1.82, 2.24) is 9.97 Å². The van der Waals surface area contributed by atoms with E-state index in [4.69, 9.17) is 12.2 Å². The first-order valence-corrected chi connectivity index (χ1v) is 4.38. The summed E-state index contributed by atoms with van der Waals surface area (Å²) in [5.74, 6) is -0.355. The van der Waals surface area contributed by atoms with Gasteiger partial charge in [0.05, 0.1) is 13.0 Å². The molecule has 0 aliphatic carbocycles. The fourth-order valence-electron chi connectivity index (χ4n) is 1.10. The third-order valence-corrected chi connectivity index (χ3v) is 2.00. The molecule has 1 aromatic rings. The Morgan fingerprint density at radius 3 is 2.92 bits per heavy atom. The maximum Gasteiger partial charge on any atom is 0.308 e. The molecule has 0 saturated carbocycles. The lowest BCUT2D eigenvalue weighted by Crippen LogP contribution is -2.15. The predicted molar refractivity (Wildman–Crippen MR) is 50.9 cm³/mol. The number of carbonyl (C=O) groups excluding carboxylic acids is 1. The van der Waals surface area contributed by atoms with Gasteiger partial charge in [0.2, 0.25) is 0 Å². The molecule has 2 N–H and O–H groups in total. The second-order valence-corrected chi connectivity index (χ2v) is 3.30. The topological polar surface area (TPSA) is 57.9 Å². The van der Waals surface area contributed by atoms with Gasteiger partial charge in [-0.25, -0.2) is 0 Å². The molecule has 5 heteroatoms. The second kappa shape index (κ2) is 4.23. The molecular weight excluding hydrogens is 188 g/mol. The zero-order valence-corrected chi connectivity index (χ0v) is 8.40. The molecular formula is C8H12N2O2S. The molecule has 1 rings (SSSR count). The zero-order chi connectivity index (χ0) is 9.84. The van der Waals surface area contributed by atoms with Crippen molar-refractivity contribution in [2.75, 3.05) is 7.11 Å². The quantitative estimate of drug-likeness (QED) is 0.573. The lowest BCUT2D eigenvalue weighted by molar-refractivity contribution is -0.144. The molecule has 1 atom stereocenters. The van der Waals surface area contributed by atoms with E-state index in [9.17, 15) is 4.79 Å². The maximum absolute atomic E-state index is 11.1. The molecule has 72 valence electrons. The molecule has 0 aromatic carbocycles. The predicted octanol–water partition coefficient (Wildman–Crippen LogP) is 1.42. The van der Waals surface area contributed by atoms with Crippen molar-refractivity contribution in [3.63, 3.8) is 0 Å². The molecule has 0 bridgehead atoms. The number of aromatic nitrogens is 2. The maximum atomic E-state index is 11.1. The van der Waals surface area contributed by atoms with Crippen molar-refractivity contribution >= 4 is 18.2 Å². The third-order valence-electron chi connectivity index (χ3n) is 1.78. The Bertz CT molecular complexity index is 342. The van der Waals surface area contributed by atoms with Crippen LogP contribution in [0.4, 0.5) is 0 Å². The lowest BCUT2D eigenvalue weighted by atomic mass is 10.1. The van der Waals surface area contributed by atoms with E-state index in [0.29, 0.717) is 11.2 Å². The van der Waals surface area contributed by atoms with Gasteiger partial charge in [-0.2, -0.15) is 0 Å². The largest absolute Gasteiger partial charge is 0.469 e. The van der Waals surface area contributed by atoms with Crippen molar-refractivity contribution in [3.05, 3.63) is 16.7 Å². The molecule has 0 amide bonds. The fraction of sp³-hybridized carbons (Fsp3) is 0.500. The average molecular weight is 200 g/mol. The minimum Gasteiger partial charge on any atom is -0.469 e. The summed E-state index contributed by atoms with van der Waals surface area (Å²) in [5, 5.41) is 0. The zero-order valence-electron chi connectivity index (χ0n) is 7.59. The van der Waals surface area contributed by atoms with Crippen LogP contribution >= 0.6 is 12.2 Å². The third kappa shape index (κ3) is 2.69. The lowest BCUT2D eigenvalue weighted by Gasteiger charge is -2.06. The first-order chi connectivity index (χ1) is 6.13. The Balaban J connectivity index is 2.59. The highest BCUT2D eigenvalue weighted by Crippen LogP contribution is 2.06. The van der Waals surface area contributed by atoms with E-state index in [1.165, 1.54) is 7.11 Å². The normalized spacial score (nSPS) is 12.5. The summed E-state index contributed by atoms with van der Waals surface area (Å²) in [5.41, 5.74) is 0.919. The van der Waals surface area contributed by atoms with Gasteiger partial charge in [-0.3, -0.25) is 4.79 Å². The van der Waals surface area contributed by atoms with Gasteiger partial charge in [0, 0.05) is 18.3 Å². The molecule has 0 aliphatic heterocycles. The van der Waals surface area contributed by atoms with E-state index in [0.717, 1.165) is 5.69 Å². The summed E-state index contributed by atoms with van der Waals surface area (Å²) in [4.78, 5) is 16.8. The molecule has 0 aliphatic rings. The molecule has 13 heavy (non-hydrogen) atoms. The number of esters is 1. The number of aromatic amines is 2. The fourth-order valence-corrected chi connectivity index (χ4v) is 1.29. The van der Waals surface area contributed by atoms with Crippen LogP contribution in [0.1, 0.15) is 12.6 Å². The number of imidazole rings is 1. The monoisotopic (exact) mass is 200 g/mol. The van der Waals surface area contributed by atoms with Gasteiger partial charge < -0.3 is 14.7 Å². The van der Waals surface area contributed by atoms with Crippen LogP contribution in [0.3, 0.4) is 0 Å². The van der Waals surface area contributed by atoms with Gasteiger partial charge in [-0.15, -0.1) is 0 Å². The van der Waals surface area contributed by atoms with Gasteiger partial charge in [-0.1, -0.05) is 6.92 Å². The molecule has 1 unspecified atom stereocenters. The molecule has 4 nitrogen and oxygen atoms in total. The number of hydrogen-bond donors (Lipinski definition) is 2. The Morgan fingerprint density at radius 2 is 2.46 bits per heavy atom. The minimum absolute atomic E-state index is 0.147. The Morgan fingerprint density at radius 1 is 1.77 bits per heavy atom.